The van der Waals surface area contributed by atoms with E-state index in [9.17, 15) is 5.11 Å². The van der Waals surface area contributed by atoms with Crippen molar-refractivity contribution < 1.29 is 14.6 Å². The first kappa shape index (κ1) is 20.8. The van der Waals surface area contributed by atoms with Crippen LogP contribution in [0.3, 0.4) is 0 Å². The third-order valence-electron chi connectivity index (χ3n) is 5.25. The highest BCUT2D eigenvalue weighted by Crippen LogP contribution is 2.31. The van der Waals surface area contributed by atoms with Gasteiger partial charge in [0, 0.05) is 11.6 Å². The summed E-state index contributed by atoms with van der Waals surface area (Å²) in [6, 6.07) is 16.0. The molecule has 2 aromatic carbocycles. The second-order valence-corrected chi connectivity index (χ2v) is 6.98. The van der Waals surface area contributed by atoms with E-state index in [0.717, 1.165) is 38.9 Å². The average Bonchev–Trinajstić information content (AvgIpc) is 2.74. The van der Waals surface area contributed by atoms with Gasteiger partial charge in [-0.2, -0.15) is 4.98 Å². The lowest BCUT2D eigenvalue weighted by atomic mass is 9.92. The van der Waals surface area contributed by atoms with Crippen molar-refractivity contribution in [2.24, 2.45) is 5.73 Å². The summed E-state index contributed by atoms with van der Waals surface area (Å²) in [4.78, 5) is 4.44. The molecule has 3 N–H and O–H groups in total. The minimum Gasteiger partial charge on any atom is -0.481 e. The average molecular weight is 392 g/mol. The van der Waals surface area contributed by atoms with Crippen molar-refractivity contribution in [3.8, 4) is 22.9 Å². The monoisotopic (exact) mass is 392 g/mol. The Hall–Kier alpha value is -2.89. The molecule has 0 unspecified atom stereocenters. The van der Waals surface area contributed by atoms with Gasteiger partial charge in [-0.1, -0.05) is 36.4 Å². The van der Waals surface area contributed by atoms with Crippen LogP contribution in [0, 0.1) is 13.8 Å². The highest BCUT2D eigenvalue weighted by molar-refractivity contribution is 5.72. The second kappa shape index (κ2) is 9.54. The van der Waals surface area contributed by atoms with E-state index in [-0.39, 0.29) is 6.61 Å². The molecule has 0 aliphatic rings. The van der Waals surface area contributed by atoms with Crippen LogP contribution in [-0.2, 0) is 19.6 Å². The number of pyridine rings is 1. The zero-order valence-corrected chi connectivity index (χ0v) is 17.2. The lowest BCUT2D eigenvalue weighted by molar-refractivity contribution is 0.281. The molecule has 0 radical (unpaired) electrons. The minimum absolute atomic E-state index is 0.0369. The summed E-state index contributed by atoms with van der Waals surface area (Å²) in [6.07, 6.45) is 0.712. The first-order valence-corrected chi connectivity index (χ1v) is 9.74. The van der Waals surface area contributed by atoms with Crippen LogP contribution < -0.4 is 15.2 Å². The Morgan fingerprint density at radius 2 is 1.55 bits per heavy atom. The van der Waals surface area contributed by atoms with Gasteiger partial charge in [-0.05, 0) is 66.3 Å². The van der Waals surface area contributed by atoms with Crippen molar-refractivity contribution in [2.45, 2.75) is 33.5 Å². The van der Waals surface area contributed by atoms with Gasteiger partial charge in [-0.25, -0.2) is 0 Å². The maximum Gasteiger partial charge on any atom is 0.219 e. The molecule has 3 rings (SSSR count). The number of aliphatic hydroxyl groups excluding tert-OH is 1. The van der Waals surface area contributed by atoms with Crippen molar-refractivity contribution in [2.75, 3.05) is 13.7 Å². The number of nitrogens with two attached hydrogens (primary N) is 1. The number of hydrogen-bond donors (Lipinski definition) is 2. The molecule has 0 spiro atoms. The van der Waals surface area contributed by atoms with E-state index in [1.807, 2.05) is 37.3 Å². The van der Waals surface area contributed by atoms with Crippen molar-refractivity contribution in [3.63, 3.8) is 0 Å². The summed E-state index contributed by atoms with van der Waals surface area (Å²) in [5.74, 6) is 1.07. The van der Waals surface area contributed by atoms with Crippen LogP contribution in [0.15, 0.2) is 48.5 Å². The fraction of sp³-hybridized carbons (Fsp3) is 0.292. The molecule has 0 bridgehead atoms. The largest absolute Gasteiger partial charge is 0.481 e. The Morgan fingerprint density at radius 1 is 0.897 bits per heavy atom. The smallest absolute Gasteiger partial charge is 0.219 e. The number of ether oxygens (including phenoxy) is 2. The zero-order valence-electron chi connectivity index (χ0n) is 17.2. The molecule has 0 atom stereocenters. The molecule has 0 aliphatic heterocycles. The SMILES string of the molecule is COc1nc(OCc2cccc(-c3cccc(CO)c3C)c2C)ccc1CCN. The summed E-state index contributed by atoms with van der Waals surface area (Å²) >= 11 is 0. The third kappa shape index (κ3) is 4.58. The molecule has 0 aliphatic carbocycles. The zero-order chi connectivity index (χ0) is 20.8. The van der Waals surface area contributed by atoms with Crippen molar-refractivity contribution in [1.82, 2.24) is 4.98 Å². The first-order valence-electron chi connectivity index (χ1n) is 9.74. The highest BCUT2D eigenvalue weighted by atomic mass is 16.5. The lowest BCUT2D eigenvalue weighted by Crippen LogP contribution is -2.06. The van der Waals surface area contributed by atoms with Gasteiger partial charge >= 0.3 is 0 Å². The number of methoxy groups -OCH3 is 1. The second-order valence-electron chi connectivity index (χ2n) is 6.98. The van der Waals surface area contributed by atoms with Gasteiger partial charge < -0.3 is 20.3 Å². The molecule has 5 heteroatoms. The van der Waals surface area contributed by atoms with Crippen LogP contribution in [0.25, 0.3) is 11.1 Å². The standard InChI is InChI=1S/C24H28N2O3/c1-16-19(14-27)6-4-8-21(16)22-9-5-7-20(17(22)2)15-29-23-11-10-18(12-13-25)24(26-23)28-3/h4-11,27H,12-15,25H2,1-3H3. The van der Waals surface area contributed by atoms with Gasteiger partial charge in [-0.15, -0.1) is 0 Å². The number of rotatable bonds is 8. The first-order chi connectivity index (χ1) is 14.1. The molecular formula is C24H28N2O3. The number of nitrogens with zero attached hydrogens (tertiary/aromatic N) is 1. The highest BCUT2D eigenvalue weighted by Gasteiger charge is 2.12. The molecule has 1 aromatic heterocycles. The van der Waals surface area contributed by atoms with Crippen molar-refractivity contribution >= 4 is 0 Å². The number of aromatic nitrogens is 1. The lowest BCUT2D eigenvalue weighted by Gasteiger charge is -2.16. The van der Waals surface area contributed by atoms with E-state index < -0.39 is 0 Å². The molecule has 0 amide bonds. The van der Waals surface area contributed by atoms with Gasteiger partial charge in [0.1, 0.15) is 6.61 Å². The molecule has 0 saturated heterocycles. The van der Waals surface area contributed by atoms with E-state index in [4.69, 9.17) is 15.2 Å². The van der Waals surface area contributed by atoms with E-state index in [1.54, 1.807) is 7.11 Å². The van der Waals surface area contributed by atoms with Crippen molar-refractivity contribution in [1.29, 1.82) is 0 Å². The van der Waals surface area contributed by atoms with E-state index >= 15 is 0 Å². The van der Waals surface area contributed by atoms with Crippen LogP contribution in [-0.4, -0.2) is 23.7 Å². The summed E-state index contributed by atoms with van der Waals surface area (Å²) < 4.78 is 11.3. The van der Waals surface area contributed by atoms with Crippen molar-refractivity contribution in [3.05, 3.63) is 76.3 Å². The Balaban J connectivity index is 1.84. The molecule has 0 saturated carbocycles. The predicted octanol–water partition coefficient (Wildman–Crippen LogP) is 3.95. The van der Waals surface area contributed by atoms with Gasteiger partial charge in [0.2, 0.25) is 11.8 Å². The number of aliphatic hydroxyl groups is 1. The number of hydrogen-bond acceptors (Lipinski definition) is 5. The Morgan fingerprint density at radius 3 is 2.17 bits per heavy atom. The molecule has 152 valence electrons. The van der Waals surface area contributed by atoms with Gasteiger partial charge in [0.25, 0.3) is 0 Å². The van der Waals surface area contributed by atoms with Gasteiger partial charge in [-0.3, -0.25) is 0 Å². The summed E-state index contributed by atoms with van der Waals surface area (Å²) in [7, 11) is 1.60. The van der Waals surface area contributed by atoms with E-state index in [1.165, 1.54) is 0 Å². The van der Waals surface area contributed by atoms with Crippen LogP contribution in [0.5, 0.6) is 11.8 Å². The Labute approximate surface area is 172 Å². The summed E-state index contributed by atoms with van der Waals surface area (Å²) in [5, 5.41) is 9.58. The maximum atomic E-state index is 9.58. The summed E-state index contributed by atoms with van der Waals surface area (Å²) in [5.41, 5.74) is 13.2. The molecule has 29 heavy (non-hydrogen) atoms. The van der Waals surface area contributed by atoms with E-state index in [0.29, 0.717) is 31.3 Å². The summed E-state index contributed by atoms with van der Waals surface area (Å²) in [6.45, 7) is 5.13. The Bertz CT molecular complexity index is 986. The molecule has 3 aromatic rings. The molecular weight excluding hydrogens is 364 g/mol. The van der Waals surface area contributed by atoms with Crippen LogP contribution in [0.2, 0.25) is 0 Å². The maximum absolute atomic E-state index is 9.58. The van der Waals surface area contributed by atoms with Crippen LogP contribution in [0.1, 0.15) is 27.8 Å². The Kier molecular flexibility index (Phi) is 6.86. The molecule has 5 nitrogen and oxygen atoms in total. The minimum atomic E-state index is 0.0369. The molecule has 0 fully saturated rings. The third-order valence-corrected chi connectivity index (χ3v) is 5.25. The topological polar surface area (TPSA) is 77.6 Å². The molecule has 1 heterocycles. The number of benzene rings is 2. The normalized spacial score (nSPS) is 10.8. The quantitative estimate of drug-likeness (QED) is 0.607. The van der Waals surface area contributed by atoms with Gasteiger partial charge in [0.05, 0.1) is 13.7 Å². The van der Waals surface area contributed by atoms with Gasteiger partial charge in [0.15, 0.2) is 0 Å². The predicted molar refractivity (Wildman–Crippen MR) is 115 cm³/mol. The van der Waals surface area contributed by atoms with E-state index in [2.05, 4.69) is 30.1 Å². The van der Waals surface area contributed by atoms with Crippen LogP contribution >= 0.6 is 0 Å². The van der Waals surface area contributed by atoms with Crippen LogP contribution in [0.4, 0.5) is 0 Å². The fourth-order valence-electron chi connectivity index (χ4n) is 3.49. The fourth-order valence-corrected chi connectivity index (χ4v) is 3.49.